The van der Waals surface area contributed by atoms with Gasteiger partial charge < -0.3 is 10.2 Å². The van der Waals surface area contributed by atoms with E-state index >= 15 is 0 Å². The highest BCUT2D eigenvalue weighted by molar-refractivity contribution is 5.24. The molecule has 0 aliphatic rings. The molecule has 0 saturated heterocycles. The van der Waals surface area contributed by atoms with E-state index in [-0.39, 0.29) is 0 Å². The SMILES string of the molecule is Cc1ccc([C@@H](C)CC(O)CC(C)(C)O)cc1. The lowest BCUT2D eigenvalue weighted by Crippen LogP contribution is -2.27. The van der Waals surface area contributed by atoms with E-state index in [0.717, 1.165) is 0 Å². The third-order valence-corrected chi connectivity index (χ3v) is 3.01. The first-order chi connectivity index (χ1) is 7.78. The van der Waals surface area contributed by atoms with Crippen LogP contribution in [0.5, 0.6) is 0 Å². The van der Waals surface area contributed by atoms with Gasteiger partial charge in [-0.25, -0.2) is 0 Å². The quantitative estimate of drug-likeness (QED) is 0.825. The summed E-state index contributed by atoms with van der Waals surface area (Å²) < 4.78 is 0. The molecule has 0 bridgehead atoms. The van der Waals surface area contributed by atoms with Gasteiger partial charge in [-0.3, -0.25) is 0 Å². The number of aliphatic hydroxyl groups excluding tert-OH is 1. The molecule has 0 aliphatic heterocycles. The first-order valence-electron chi connectivity index (χ1n) is 6.25. The highest BCUT2D eigenvalue weighted by Crippen LogP contribution is 2.24. The summed E-state index contributed by atoms with van der Waals surface area (Å²) in [5.74, 6) is 0.313. The lowest BCUT2D eigenvalue weighted by atomic mass is 9.90. The molecular weight excluding hydrogens is 212 g/mol. The van der Waals surface area contributed by atoms with Crippen molar-refractivity contribution in [2.75, 3.05) is 0 Å². The lowest BCUT2D eigenvalue weighted by Gasteiger charge is -2.23. The predicted octanol–water partition coefficient (Wildman–Crippen LogP) is 3.01. The van der Waals surface area contributed by atoms with E-state index in [0.29, 0.717) is 18.8 Å². The summed E-state index contributed by atoms with van der Waals surface area (Å²) in [7, 11) is 0. The van der Waals surface area contributed by atoms with Crippen LogP contribution < -0.4 is 0 Å². The summed E-state index contributed by atoms with van der Waals surface area (Å²) in [6, 6.07) is 8.40. The van der Waals surface area contributed by atoms with Crippen LogP contribution in [0.2, 0.25) is 0 Å². The van der Waals surface area contributed by atoms with Crippen molar-refractivity contribution in [2.45, 2.75) is 58.2 Å². The van der Waals surface area contributed by atoms with Gasteiger partial charge in [0.05, 0.1) is 11.7 Å². The van der Waals surface area contributed by atoms with Crippen LogP contribution in [-0.4, -0.2) is 21.9 Å². The topological polar surface area (TPSA) is 40.5 Å². The summed E-state index contributed by atoms with van der Waals surface area (Å²) >= 11 is 0. The summed E-state index contributed by atoms with van der Waals surface area (Å²) in [4.78, 5) is 0. The molecule has 2 atom stereocenters. The van der Waals surface area contributed by atoms with E-state index in [1.165, 1.54) is 11.1 Å². The zero-order valence-corrected chi connectivity index (χ0v) is 11.3. The maximum Gasteiger partial charge on any atom is 0.0616 e. The number of hydrogen-bond acceptors (Lipinski definition) is 2. The summed E-state index contributed by atoms with van der Waals surface area (Å²) in [5.41, 5.74) is 1.69. The second-order valence-electron chi connectivity index (χ2n) is 5.72. The van der Waals surface area contributed by atoms with Crippen LogP contribution in [0.4, 0.5) is 0 Å². The smallest absolute Gasteiger partial charge is 0.0616 e. The Morgan fingerprint density at radius 1 is 1.18 bits per heavy atom. The minimum atomic E-state index is -0.799. The third-order valence-electron chi connectivity index (χ3n) is 3.01. The van der Waals surface area contributed by atoms with Crippen molar-refractivity contribution in [3.8, 4) is 0 Å². The molecule has 2 N–H and O–H groups in total. The maximum atomic E-state index is 9.91. The molecule has 0 spiro atoms. The number of aryl methyl sites for hydroxylation is 1. The monoisotopic (exact) mass is 236 g/mol. The fraction of sp³-hybridized carbons (Fsp3) is 0.600. The summed E-state index contributed by atoms with van der Waals surface area (Å²) in [6.07, 6.45) is 0.655. The van der Waals surface area contributed by atoms with Crippen LogP contribution in [0.3, 0.4) is 0 Å². The average molecular weight is 236 g/mol. The first kappa shape index (κ1) is 14.2. The molecule has 1 unspecified atom stereocenters. The highest BCUT2D eigenvalue weighted by atomic mass is 16.3. The second kappa shape index (κ2) is 5.65. The van der Waals surface area contributed by atoms with Gasteiger partial charge in [-0.15, -0.1) is 0 Å². The Kier molecular flexibility index (Phi) is 4.72. The van der Waals surface area contributed by atoms with E-state index in [1.807, 2.05) is 0 Å². The molecule has 0 fully saturated rings. The fourth-order valence-corrected chi connectivity index (χ4v) is 2.10. The Bertz CT molecular complexity index is 335. The highest BCUT2D eigenvalue weighted by Gasteiger charge is 2.20. The van der Waals surface area contributed by atoms with Gasteiger partial charge in [-0.2, -0.15) is 0 Å². The molecule has 17 heavy (non-hydrogen) atoms. The minimum Gasteiger partial charge on any atom is -0.393 e. The van der Waals surface area contributed by atoms with Crippen molar-refractivity contribution in [2.24, 2.45) is 0 Å². The van der Waals surface area contributed by atoms with Gasteiger partial charge in [-0.1, -0.05) is 36.8 Å². The molecule has 0 aromatic heterocycles. The van der Waals surface area contributed by atoms with Crippen molar-refractivity contribution < 1.29 is 10.2 Å². The third kappa shape index (κ3) is 5.33. The molecule has 0 radical (unpaired) electrons. The van der Waals surface area contributed by atoms with Crippen molar-refractivity contribution in [1.82, 2.24) is 0 Å². The van der Waals surface area contributed by atoms with Gasteiger partial charge in [0.1, 0.15) is 0 Å². The van der Waals surface area contributed by atoms with Gasteiger partial charge >= 0.3 is 0 Å². The molecule has 0 amide bonds. The fourth-order valence-electron chi connectivity index (χ4n) is 2.10. The van der Waals surface area contributed by atoms with Crippen LogP contribution in [0.1, 0.15) is 50.7 Å². The lowest BCUT2D eigenvalue weighted by molar-refractivity contribution is 0.0140. The Morgan fingerprint density at radius 2 is 1.71 bits per heavy atom. The number of benzene rings is 1. The second-order valence-corrected chi connectivity index (χ2v) is 5.72. The van der Waals surface area contributed by atoms with Crippen LogP contribution in [0, 0.1) is 6.92 Å². The van der Waals surface area contributed by atoms with Crippen LogP contribution in [0.15, 0.2) is 24.3 Å². The van der Waals surface area contributed by atoms with Gasteiger partial charge in [0.15, 0.2) is 0 Å². The molecule has 1 rings (SSSR count). The van der Waals surface area contributed by atoms with Crippen molar-refractivity contribution >= 4 is 0 Å². The zero-order valence-electron chi connectivity index (χ0n) is 11.3. The molecular formula is C15H24O2. The largest absolute Gasteiger partial charge is 0.393 e. The average Bonchev–Trinajstić information content (AvgIpc) is 2.15. The van der Waals surface area contributed by atoms with Crippen molar-refractivity contribution in [1.29, 1.82) is 0 Å². The number of rotatable bonds is 5. The van der Waals surface area contributed by atoms with Crippen LogP contribution >= 0.6 is 0 Å². The maximum absolute atomic E-state index is 9.91. The van der Waals surface area contributed by atoms with E-state index in [2.05, 4.69) is 38.1 Å². The van der Waals surface area contributed by atoms with Gasteiger partial charge in [-0.05, 0) is 38.7 Å². The number of hydrogen-bond donors (Lipinski definition) is 2. The van der Waals surface area contributed by atoms with E-state index < -0.39 is 11.7 Å². The van der Waals surface area contributed by atoms with E-state index in [4.69, 9.17) is 0 Å². The van der Waals surface area contributed by atoms with Crippen LogP contribution in [-0.2, 0) is 0 Å². The van der Waals surface area contributed by atoms with Gasteiger partial charge in [0.2, 0.25) is 0 Å². The molecule has 96 valence electrons. The van der Waals surface area contributed by atoms with Crippen molar-refractivity contribution in [3.05, 3.63) is 35.4 Å². The van der Waals surface area contributed by atoms with Crippen LogP contribution in [0.25, 0.3) is 0 Å². The van der Waals surface area contributed by atoms with Gasteiger partial charge in [0.25, 0.3) is 0 Å². The Balaban J connectivity index is 2.54. The molecule has 1 aromatic rings. The first-order valence-corrected chi connectivity index (χ1v) is 6.25. The molecule has 2 nitrogen and oxygen atoms in total. The molecule has 2 heteroatoms. The minimum absolute atomic E-state index is 0.313. The summed E-state index contributed by atoms with van der Waals surface area (Å²) in [5, 5.41) is 19.6. The predicted molar refractivity (Wildman–Crippen MR) is 71.1 cm³/mol. The van der Waals surface area contributed by atoms with E-state index in [9.17, 15) is 10.2 Å². The Morgan fingerprint density at radius 3 is 2.18 bits per heavy atom. The Labute approximate surface area is 104 Å². The zero-order chi connectivity index (χ0) is 13.1. The molecule has 0 saturated carbocycles. The standard InChI is InChI=1S/C15H24O2/c1-11-5-7-13(8-6-11)12(2)9-14(16)10-15(3,4)17/h5-8,12,14,16-17H,9-10H2,1-4H3/t12-,14?/m0/s1. The number of aliphatic hydroxyl groups is 2. The molecule has 1 aromatic carbocycles. The normalized spacial score (nSPS) is 15.6. The van der Waals surface area contributed by atoms with Gasteiger partial charge in [0, 0.05) is 6.42 Å². The molecule has 0 heterocycles. The van der Waals surface area contributed by atoms with E-state index in [1.54, 1.807) is 13.8 Å². The van der Waals surface area contributed by atoms with Crippen molar-refractivity contribution in [3.63, 3.8) is 0 Å². The molecule has 0 aliphatic carbocycles. The Hall–Kier alpha value is -0.860. The summed E-state index contributed by atoms with van der Waals surface area (Å²) in [6.45, 7) is 7.63.